The van der Waals surface area contributed by atoms with Gasteiger partial charge < -0.3 is 14.8 Å². The third-order valence-corrected chi connectivity index (χ3v) is 5.57. The maximum absolute atomic E-state index is 12.3. The molecule has 1 aromatic carbocycles. The first-order valence-corrected chi connectivity index (χ1v) is 9.40. The first-order chi connectivity index (χ1) is 11.2. The minimum absolute atomic E-state index is 0.0621. The molecule has 0 aliphatic carbocycles. The van der Waals surface area contributed by atoms with Crippen molar-refractivity contribution in [3.8, 4) is 5.75 Å². The SMILES string of the molecule is COc1ccc(C)cc1C(=O)O[C@@H](C)C(=O)N[C@H]1CCS(=O)(=O)C1. The number of nitrogens with one attached hydrogen (secondary N) is 1. The van der Waals surface area contributed by atoms with Crippen molar-refractivity contribution >= 4 is 21.7 Å². The van der Waals surface area contributed by atoms with Gasteiger partial charge >= 0.3 is 5.97 Å². The fourth-order valence-electron chi connectivity index (χ4n) is 2.49. The normalized spacial score (nSPS) is 20.2. The second-order valence-corrected chi connectivity index (χ2v) is 8.09. The van der Waals surface area contributed by atoms with E-state index in [2.05, 4.69) is 5.32 Å². The fourth-order valence-corrected chi connectivity index (χ4v) is 4.16. The van der Waals surface area contributed by atoms with Gasteiger partial charge in [-0.2, -0.15) is 0 Å². The van der Waals surface area contributed by atoms with E-state index < -0.39 is 33.9 Å². The molecule has 0 saturated carbocycles. The van der Waals surface area contributed by atoms with Crippen LogP contribution in [0, 0.1) is 6.92 Å². The zero-order valence-corrected chi connectivity index (χ0v) is 14.7. The van der Waals surface area contributed by atoms with E-state index >= 15 is 0 Å². The summed E-state index contributed by atoms with van der Waals surface area (Å²) in [5.74, 6) is -0.841. The Morgan fingerprint density at radius 1 is 1.33 bits per heavy atom. The van der Waals surface area contributed by atoms with Crippen molar-refractivity contribution in [2.45, 2.75) is 32.4 Å². The first-order valence-electron chi connectivity index (χ1n) is 7.58. The summed E-state index contributed by atoms with van der Waals surface area (Å²) in [4.78, 5) is 24.3. The van der Waals surface area contributed by atoms with Crippen LogP contribution >= 0.6 is 0 Å². The third kappa shape index (κ3) is 4.47. The van der Waals surface area contributed by atoms with E-state index in [-0.39, 0.29) is 17.1 Å². The molecule has 0 bridgehead atoms. The zero-order valence-electron chi connectivity index (χ0n) is 13.9. The highest BCUT2D eigenvalue weighted by molar-refractivity contribution is 7.91. The lowest BCUT2D eigenvalue weighted by atomic mass is 10.1. The van der Waals surface area contributed by atoms with E-state index in [0.29, 0.717) is 12.2 Å². The lowest BCUT2D eigenvalue weighted by Crippen LogP contribution is -2.42. The Morgan fingerprint density at radius 2 is 2.04 bits per heavy atom. The Bertz CT molecular complexity index is 743. The van der Waals surface area contributed by atoms with Gasteiger partial charge in [0.2, 0.25) is 0 Å². The van der Waals surface area contributed by atoms with Gasteiger partial charge in [-0.3, -0.25) is 4.79 Å². The highest BCUT2D eigenvalue weighted by atomic mass is 32.2. The Kier molecular flexibility index (Phi) is 5.48. The summed E-state index contributed by atoms with van der Waals surface area (Å²) in [6, 6.07) is 4.64. The molecule has 1 aliphatic heterocycles. The Balaban J connectivity index is 1.98. The number of ether oxygens (including phenoxy) is 2. The highest BCUT2D eigenvalue weighted by Gasteiger charge is 2.31. The smallest absolute Gasteiger partial charge is 0.342 e. The van der Waals surface area contributed by atoms with E-state index in [1.54, 1.807) is 18.2 Å². The average molecular weight is 355 g/mol. The van der Waals surface area contributed by atoms with E-state index in [9.17, 15) is 18.0 Å². The topological polar surface area (TPSA) is 98.8 Å². The van der Waals surface area contributed by atoms with Gasteiger partial charge in [0.25, 0.3) is 5.91 Å². The Labute approximate surface area is 141 Å². The minimum Gasteiger partial charge on any atom is -0.496 e. The summed E-state index contributed by atoms with van der Waals surface area (Å²) in [5.41, 5.74) is 1.09. The summed E-state index contributed by atoms with van der Waals surface area (Å²) >= 11 is 0. The molecule has 1 heterocycles. The van der Waals surface area contributed by atoms with E-state index in [0.717, 1.165) is 5.56 Å². The number of sulfone groups is 1. The molecule has 132 valence electrons. The summed E-state index contributed by atoms with van der Waals surface area (Å²) in [6.45, 7) is 3.27. The van der Waals surface area contributed by atoms with Crippen molar-refractivity contribution in [1.82, 2.24) is 5.32 Å². The summed E-state index contributed by atoms with van der Waals surface area (Å²) in [5, 5.41) is 2.60. The van der Waals surface area contributed by atoms with Crippen LogP contribution in [0.5, 0.6) is 5.75 Å². The van der Waals surface area contributed by atoms with Gasteiger partial charge in [-0.1, -0.05) is 11.6 Å². The molecule has 0 radical (unpaired) electrons. The number of aryl methyl sites for hydroxylation is 1. The monoisotopic (exact) mass is 355 g/mol. The molecule has 0 aromatic heterocycles. The van der Waals surface area contributed by atoms with Gasteiger partial charge in [-0.25, -0.2) is 13.2 Å². The molecule has 2 atom stereocenters. The quantitative estimate of drug-likeness (QED) is 0.786. The van der Waals surface area contributed by atoms with Crippen LogP contribution in [0.4, 0.5) is 0 Å². The van der Waals surface area contributed by atoms with E-state index in [4.69, 9.17) is 9.47 Å². The number of methoxy groups -OCH3 is 1. The first kappa shape index (κ1) is 18.3. The number of amides is 1. The van der Waals surface area contributed by atoms with Gasteiger partial charge in [0.1, 0.15) is 11.3 Å². The third-order valence-electron chi connectivity index (χ3n) is 3.81. The number of esters is 1. The molecular formula is C16H21NO6S. The lowest BCUT2D eigenvalue weighted by Gasteiger charge is -2.17. The van der Waals surface area contributed by atoms with Crippen LogP contribution < -0.4 is 10.1 Å². The molecule has 1 aromatic rings. The number of carbonyl (C=O) groups excluding carboxylic acids is 2. The molecule has 0 spiro atoms. The van der Waals surface area contributed by atoms with E-state index in [1.807, 2.05) is 6.92 Å². The average Bonchev–Trinajstić information content (AvgIpc) is 2.85. The number of carbonyl (C=O) groups is 2. The Morgan fingerprint density at radius 3 is 2.62 bits per heavy atom. The maximum Gasteiger partial charge on any atom is 0.342 e. The summed E-state index contributed by atoms with van der Waals surface area (Å²) < 4.78 is 33.1. The predicted molar refractivity (Wildman–Crippen MR) is 87.8 cm³/mol. The zero-order chi connectivity index (χ0) is 17.9. The molecule has 0 unspecified atom stereocenters. The van der Waals surface area contributed by atoms with E-state index in [1.165, 1.54) is 14.0 Å². The molecule has 1 N–H and O–H groups in total. The second kappa shape index (κ2) is 7.21. The number of hydrogen-bond acceptors (Lipinski definition) is 6. The van der Waals surface area contributed by atoms with Crippen LogP contribution in [0.25, 0.3) is 0 Å². The van der Waals surface area contributed by atoms with Crippen molar-refractivity contribution < 1.29 is 27.5 Å². The standard InChI is InChI=1S/C16H21NO6S/c1-10-4-5-14(22-3)13(8-10)16(19)23-11(2)15(18)17-12-6-7-24(20,21)9-12/h4-5,8,11-12H,6-7,9H2,1-3H3,(H,17,18)/t11-,12-/m0/s1. The minimum atomic E-state index is -3.09. The maximum atomic E-state index is 12.3. The molecule has 1 amide bonds. The van der Waals surface area contributed by atoms with Crippen molar-refractivity contribution in [1.29, 1.82) is 0 Å². The molecule has 24 heavy (non-hydrogen) atoms. The van der Waals surface area contributed by atoms with Crippen molar-refractivity contribution in [2.75, 3.05) is 18.6 Å². The van der Waals surface area contributed by atoms with Gasteiger partial charge in [0.05, 0.1) is 18.6 Å². The van der Waals surface area contributed by atoms with Crippen LogP contribution in [-0.4, -0.2) is 51.1 Å². The number of benzene rings is 1. The molecule has 8 heteroatoms. The predicted octanol–water partition coefficient (Wildman–Crippen LogP) is 0.852. The van der Waals surface area contributed by atoms with Gasteiger partial charge in [0.15, 0.2) is 15.9 Å². The molecule has 1 fully saturated rings. The molecule has 1 aliphatic rings. The van der Waals surface area contributed by atoms with Crippen LogP contribution in [0.1, 0.15) is 29.3 Å². The number of hydrogen-bond donors (Lipinski definition) is 1. The molecule has 1 saturated heterocycles. The molecule has 7 nitrogen and oxygen atoms in total. The Hall–Kier alpha value is -2.09. The molecule has 2 rings (SSSR count). The largest absolute Gasteiger partial charge is 0.496 e. The van der Waals surface area contributed by atoms with Crippen molar-refractivity contribution in [3.63, 3.8) is 0 Å². The van der Waals surface area contributed by atoms with Crippen LogP contribution in [0.15, 0.2) is 18.2 Å². The summed E-state index contributed by atoms with van der Waals surface area (Å²) in [6.07, 6.45) is -0.661. The summed E-state index contributed by atoms with van der Waals surface area (Å²) in [7, 11) is -1.64. The van der Waals surface area contributed by atoms with Crippen molar-refractivity contribution in [2.24, 2.45) is 0 Å². The lowest BCUT2D eigenvalue weighted by molar-refractivity contribution is -0.129. The van der Waals surface area contributed by atoms with Crippen LogP contribution in [0.3, 0.4) is 0 Å². The van der Waals surface area contributed by atoms with Gasteiger partial charge in [-0.05, 0) is 32.4 Å². The van der Waals surface area contributed by atoms with Gasteiger partial charge in [-0.15, -0.1) is 0 Å². The highest BCUT2D eigenvalue weighted by Crippen LogP contribution is 2.21. The van der Waals surface area contributed by atoms with Crippen LogP contribution in [0.2, 0.25) is 0 Å². The fraction of sp³-hybridized carbons (Fsp3) is 0.500. The second-order valence-electron chi connectivity index (χ2n) is 5.86. The number of rotatable bonds is 5. The van der Waals surface area contributed by atoms with Gasteiger partial charge in [0, 0.05) is 6.04 Å². The van der Waals surface area contributed by atoms with Crippen LogP contribution in [-0.2, 0) is 19.4 Å². The van der Waals surface area contributed by atoms with Crippen molar-refractivity contribution in [3.05, 3.63) is 29.3 Å². The molecular weight excluding hydrogens is 334 g/mol.